The predicted octanol–water partition coefficient (Wildman–Crippen LogP) is 2.79. The fourth-order valence-electron chi connectivity index (χ4n) is 3.16. The van der Waals surface area contributed by atoms with Crippen LogP contribution >= 0.6 is 0 Å². The van der Waals surface area contributed by atoms with Gasteiger partial charge in [-0.1, -0.05) is 12.1 Å². The average Bonchev–Trinajstić information content (AvgIpc) is 2.72. The summed E-state index contributed by atoms with van der Waals surface area (Å²) in [6.07, 6.45) is 0. The first-order valence-electron chi connectivity index (χ1n) is 9.25. The Morgan fingerprint density at radius 3 is 2.19 bits per heavy atom. The Bertz CT molecular complexity index is 736. The maximum absolute atomic E-state index is 12.4. The first kappa shape index (κ1) is 18.9. The third kappa shape index (κ3) is 4.84. The molecule has 6 heteroatoms. The summed E-state index contributed by atoms with van der Waals surface area (Å²) in [7, 11) is 5.73. The van der Waals surface area contributed by atoms with E-state index in [-0.39, 0.29) is 6.03 Å². The van der Waals surface area contributed by atoms with Gasteiger partial charge >= 0.3 is 6.03 Å². The van der Waals surface area contributed by atoms with Crippen LogP contribution in [0.2, 0.25) is 0 Å². The third-order valence-corrected chi connectivity index (χ3v) is 4.90. The summed E-state index contributed by atoms with van der Waals surface area (Å²) in [6.45, 7) is 3.66. The van der Waals surface area contributed by atoms with Crippen LogP contribution in [-0.2, 0) is 6.54 Å². The topological polar surface area (TPSA) is 48.1 Å². The number of nitrogens with one attached hydrogen (secondary N) is 1. The minimum atomic E-state index is -0.00609. The molecule has 1 heterocycles. The number of benzene rings is 2. The lowest BCUT2D eigenvalue weighted by Gasteiger charge is -2.36. The van der Waals surface area contributed by atoms with Gasteiger partial charge in [0.2, 0.25) is 0 Å². The van der Waals surface area contributed by atoms with Crippen LogP contribution in [0.15, 0.2) is 48.5 Å². The summed E-state index contributed by atoms with van der Waals surface area (Å²) in [5.74, 6) is 0.819. The predicted molar refractivity (Wildman–Crippen MR) is 110 cm³/mol. The minimum absolute atomic E-state index is 0.00609. The van der Waals surface area contributed by atoms with Gasteiger partial charge in [0.25, 0.3) is 0 Å². The normalized spacial score (nSPS) is 14.0. The molecule has 2 aromatic carbocycles. The first-order chi connectivity index (χ1) is 13.1. The van der Waals surface area contributed by atoms with Crippen LogP contribution in [0.3, 0.4) is 0 Å². The molecule has 0 radical (unpaired) electrons. The second-order valence-corrected chi connectivity index (χ2v) is 6.89. The Hall–Kier alpha value is -2.89. The number of ether oxygens (including phenoxy) is 1. The maximum atomic E-state index is 12.4. The van der Waals surface area contributed by atoms with Gasteiger partial charge in [0, 0.05) is 58.2 Å². The highest BCUT2D eigenvalue weighted by molar-refractivity contribution is 5.74. The summed E-state index contributed by atoms with van der Waals surface area (Å²) in [5.41, 5.74) is 3.46. The van der Waals surface area contributed by atoms with Gasteiger partial charge in [0.15, 0.2) is 0 Å². The molecule has 2 aromatic rings. The van der Waals surface area contributed by atoms with Crippen molar-refractivity contribution in [1.29, 1.82) is 0 Å². The van der Waals surface area contributed by atoms with Gasteiger partial charge in [0.1, 0.15) is 5.75 Å². The van der Waals surface area contributed by atoms with E-state index in [9.17, 15) is 4.79 Å². The standard InChI is InChI=1S/C21H28N4O2/c1-23(2)18-6-8-19(9-7-18)24-12-14-25(15-13-24)21(26)22-16-17-4-10-20(27-3)11-5-17/h4-11H,12-16H2,1-3H3,(H,22,26). The lowest BCUT2D eigenvalue weighted by atomic mass is 10.2. The minimum Gasteiger partial charge on any atom is -0.497 e. The second kappa shape index (κ2) is 8.66. The molecule has 6 nitrogen and oxygen atoms in total. The van der Waals surface area contributed by atoms with Gasteiger partial charge in [-0.05, 0) is 42.0 Å². The smallest absolute Gasteiger partial charge is 0.317 e. The van der Waals surface area contributed by atoms with E-state index in [0.717, 1.165) is 37.5 Å². The summed E-state index contributed by atoms with van der Waals surface area (Å²) in [6, 6.07) is 16.3. The van der Waals surface area contributed by atoms with Crippen molar-refractivity contribution in [2.75, 3.05) is 57.2 Å². The molecule has 0 saturated carbocycles. The molecule has 0 aliphatic carbocycles. The number of urea groups is 1. The van der Waals surface area contributed by atoms with Crippen molar-refractivity contribution in [2.45, 2.75) is 6.54 Å². The maximum Gasteiger partial charge on any atom is 0.317 e. The lowest BCUT2D eigenvalue weighted by molar-refractivity contribution is 0.194. The molecule has 0 aromatic heterocycles. The van der Waals surface area contributed by atoms with Crippen molar-refractivity contribution in [3.05, 3.63) is 54.1 Å². The highest BCUT2D eigenvalue weighted by Crippen LogP contribution is 2.20. The number of hydrogen-bond acceptors (Lipinski definition) is 4. The monoisotopic (exact) mass is 368 g/mol. The number of piperazine rings is 1. The van der Waals surface area contributed by atoms with Crippen molar-refractivity contribution >= 4 is 17.4 Å². The summed E-state index contributed by atoms with van der Waals surface area (Å²) in [4.78, 5) is 18.7. The van der Waals surface area contributed by atoms with Gasteiger partial charge < -0.3 is 24.8 Å². The Kier molecular flexibility index (Phi) is 6.06. The van der Waals surface area contributed by atoms with Crippen LogP contribution in [0.1, 0.15) is 5.56 Å². The van der Waals surface area contributed by atoms with E-state index in [0.29, 0.717) is 6.54 Å². The molecule has 144 valence electrons. The Labute approximate surface area is 161 Å². The fourth-order valence-corrected chi connectivity index (χ4v) is 3.16. The van der Waals surface area contributed by atoms with E-state index >= 15 is 0 Å². The van der Waals surface area contributed by atoms with E-state index in [1.54, 1.807) is 7.11 Å². The number of anilines is 2. The Morgan fingerprint density at radius 1 is 1.00 bits per heavy atom. The number of nitrogens with zero attached hydrogens (tertiary/aromatic N) is 3. The van der Waals surface area contributed by atoms with Crippen molar-refractivity contribution in [1.82, 2.24) is 10.2 Å². The molecule has 0 bridgehead atoms. The van der Waals surface area contributed by atoms with Crippen molar-refractivity contribution < 1.29 is 9.53 Å². The van der Waals surface area contributed by atoms with E-state index in [1.807, 2.05) is 43.3 Å². The third-order valence-electron chi connectivity index (χ3n) is 4.90. The summed E-state index contributed by atoms with van der Waals surface area (Å²) < 4.78 is 5.15. The van der Waals surface area contributed by atoms with Crippen molar-refractivity contribution in [3.8, 4) is 5.75 Å². The molecule has 1 aliphatic rings. The van der Waals surface area contributed by atoms with Crippen LogP contribution in [0.5, 0.6) is 5.75 Å². The Morgan fingerprint density at radius 2 is 1.63 bits per heavy atom. The molecule has 1 N–H and O–H groups in total. The highest BCUT2D eigenvalue weighted by Gasteiger charge is 2.21. The quantitative estimate of drug-likeness (QED) is 0.882. The van der Waals surface area contributed by atoms with E-state index in [2.05, 4.69) is 39.4 Å². The largest absolute Gasteiger partial charge is 0.497 e. The van der Waals surface area contributed by atoms with Gasteiger partial charge in [-0.25, -0.2) is 4.79 Å². The molecule has 1 saturated heterocycles. The number of methoxy groups -OCH3 is 1. The first-order valence-corrected chi connectivity index (χ1v) is 9.25. The van der Waals surface area contributed by atoms with Crippen molar-refractivity contribution in [2.24, 2.45) is 0 Å². The van der Waals surface area contributed by atoms with E-state index in [4.69, 9.17) is 4.74 Å². The fraction of sp³-hybridized carbons (Fsp3) is 0.381. The van der Waals surface area contributed by atoms with Gasteiger partial charge in [-0.15, -0.1) is 0 Å². The van der Waals surface area contributed by atoms with Crippen LogP contribution in [0, 0.1) is 0 Å². The van der Waals surface area contributed by atoms with Gasteiger partial charge in [-0.3, -0.25) is 0 Å². The van der Waals surface area contributed by atoms with Gasteiger partial charge in [0.05, 0.1) is 7.11 Å². The van der Waals surface area contributed by atoms with E-state index < -0.39 is 0 Å². The van der Waals surface area contributed by atoms with E-state index in [1.165, 1.54) is 11.4 Å². The molecule has 0 unspecified atom stereocenters. The molecule has 1 aliphatic heterocycles. The second-order valence-electron chi connectivity index (χ2n) is 6.89. The van der Waals surface area contributed by atoms with Crippen LogP contribution in [0.25, 0.3) is 0 Å². The highest BCUT2D eigenvalue weighted by atomic mass is 16.5. The van der Waals surface area contributed by atoms with Crippen LogP contribution in [-0.4, -0.2) is 58.3 Å². The van der Waals surface area contributed by atoms with Crippen LogP contribution in [0.4, 0.5) is 16.2 Å². The molecule has 0 atom stereocenters. The summed E-state index contributed by atoms with van der Waals surface area (Å²) in [5, 5.41) is 3.00. The number of amides is 2. The number of carbonyl (C=O) groups excluding carboxylic acids is 1. The molecule has 2 amide bonds. The number of hydrogen-bond donors (Lipinski definition) is 1. The zero-order valence-corrected chi connectivity index (χ0v) is 16.3. The molecule has 3 rings (SSSR count). The Balaban J connectivity index is 1.47. The number of carbonyl (C=O) groups is 1. The molecular weight excluding hydrogens is 340 g/mol. The van der Waals surface area contributed by atoms with Crippen molar-refractivity contribution in [3.63, 3.8) is 0 Å². The zero-order valence-electron chi connectivity index (χ0n) is 16.3. The molecular formula is C21H28N4O2. The molecule has 27 heavy (non-hydrogen) atoms. The molecule has 1 fully saturated rings. The lowest BCUT2D eigenvalue weighted by Crippen LogP contribution is -2.51. The number of rotatable bonds is 5. The van der Waals surface area contributed by atoms with Gasteiger partial charge in [-0.2, -0.15) is 0 Å². The SMILES string of the molecule is COc1ccc(CNC(=O)N2CCN(c3ccc(N(C)C)cc3)CC2)cc1. The molecule has 0 spiro atoms. The van der Waals surface area contributed by atoms with Crippen LogP contribution < -0.4 is 19.9 Å². The summed E-state index contributed by atoms with van der Waals surface area (Å²) >= 11 is 0. The average molecular weight is 368 g/mol. The zero-order chi connectivity index (χ0) is 19.2.